The number of ether oxygens (including phenoxy) is 1. The predicted molar refractivity (Wildman–Crippen MR) is 94.2 cm³/mol. The number of hydrogen-bond donors (Lipinski definition) is 3. The van der Waals surface area contributed by atoms with Crippen LogP contribution in [0, 0.1) is 0 Å². The number of carboxylic acids is 1. The number of para-hydroxylation sites is 1. The van der Waals surface area contributed by atoms with Crippen LogP contribution in [-0.4, -0.2) is 33.6 Å². The third kappa shape index (κ3) is 3.79. The van der Waals surface area contributed by atoms with Gasteiger partial charge in [0.05, 0.1) is 6.61 Å². The molecular weight excluding hydrogens is 336 g/mol. The average Bonchev–Trinajstić information content (AvgIpc) is 2.65. The largest absolute Gasteiger partial charge is 0.480 e. The van der Waals surface area contributed by atoms with E-state index < -0.39 is 25.0 Å². The van der Waals surface area contributed by atoms with Crippen molar-refractivity contribution in [3.63, 3.8) is 0 Å². The number of nitrogens with one attached hydrogen (secondary N) is 1. The minimum absolute atomic E-state index is 0.00187. The Kier molecular flexibility index (Phi) is 5.09. The SMILES string of the molecule is O=C(O)CNC(=O)c1ncc2cc(Oc3ccccc3)ccc2c1CO. The Balaban J connectivity index is 1.93. The molecule has 0 saturated carbocycles. The van der Waals surface area contributed by atoms with Gasteiger partial charge in [0.25, 0.3) is 5.91 Å². The normalized spacial score (nSPS) is 10.5. The number of pyridine rings is 1. The van der Waals surface area contributed by atoms with Crippen molar-refractivity contribution in [1.82, 2.24) is 10.3 Å². The first-order valence-corrected chi connectivity index (χ1v) is 7.84. The van der Waals surface area contributed by atoms with E-state index in [1.807, 2.05) is 30.3 Å². The van der Waals surface area contributed by atoms with Gasteiger partial charge in [-0.3, -0.25) is 14.6 Å². The Bertz CT molecular complexity index is 957. The molecule has 132 valence electrons. The fourth-order valence-corrected chi connectivity index (χ4v) is 2.55. The molecule has 0 spiro atoms. The molecule has 1 amide bonds. The quantitative estimate of drug-likeness (QED) is 0.628. The van der Waals surface area contributed by atoms with E-state index in [0.717, 1.165) is 0 Å². The maximum absolute atomic E-state index is 12.1. The van der Waals surface area contributed by atoms with Crippen LogP contribution >= 0.6 is 0 Å². The number of rotatable bonds is 6. The number of fused-ring (bicyclic) bond motifs is 1. The van der Waals surface area contributed by atoms with E-state index in [2.05, 4.69) is 10.3 Å². The minimum atomic E-state index is -1.16. The molecule has 1 aromatic heterocycles. The lowest BCUT2D eigenvalue weighted by atomic mass is 10.0. The zero-order valence-corrected chi connectivity index (χ0v) is 13.7. The van der Waals surface area contributed by atoms with Gasteiger partial charge in [0.2, 0.25) is 0 Å². The molecule has 0 radical (unpaired) electrons. The molecule has 0 atom stereocenters. The van der Waals surface area contributed by atoms with Crippen molar-refractivity contribution in [2.45, 2.75) is 6.61 Å². The molecule has 0 aliphatic rings. The summed E-state index contributed by atoms with van der Waals surface area (Å²) in [5.41, 5.74) is 0.328. The van der Waals surface area contributed by atoms with Gasteiger partial charge in [-0.1, -0.05) is 24.3 Å². The van der Waals surface area contributed by atoms with Gasteiger partial charge >= 0.3 is 5.97 Å². The van der Waals surface area contributed by atoms with Crippen LogP contribution in [0.2, 0.25) is 0 Å². The van der Waals surface area contributed by atoms with Crippen LogP contribution in [0.1, 0.15) is 16.1 Å². The van der Waals surface area contributed by atoms with Crippen LogP contribution in [0.15, 0.2) is 54.7 Å². The van der Waals surface area contributed by atoms with Crippen LogP contribution in [0.5, 0.6) is 11.5 Å². The van der Waals surface area contributed by atoms with Gasteiger partial charge in [-0.2, -0.15) is 0 Å². The van der Waals surface area contributed by atoms with Crippen molar-refractivity contribution < 1.29 is 24.5 Å². The first-order valence-electron chi connectivity index (χ1n) is 7.84. The molecule has 3 N–H and O–H groups in total. The summed E-state index contributed by atoms with van der Waals surface area (Å²) in [5, 5.41) is 21.9. The topological polar surface area (TPSA) is 109 Å². The van der Waals surface area contributed by atoms with Gasteiger partial charge in [-0.25, -0.2) is 0 Å². The number of aliphatic hydroxyl groups excluding tert-OH is 1. The number of carbonyl (C=O) groups is 2. The molecule has 3 aromatic rings. The number of nitrogens with zero attached hydrogens (tertiary/aromatic N) is 1. The van der Waals surface area contributed by atoms with Gasteiger partial charge in [-0.15, -0.1) is 0 Å². The molecular formula is C19H16N2O5. The third-order valence-corrected chi connectivity index (χ3v) is 3.72. The Morgan fingerprint density at radius 1 is 1.08 bits per heavy atom. The summed E-state index contributed by atoms with van der Waals surface area (Å²) in [7, 11) is 0. The van der Waals surface area contributed by atoms with Crippen LogP contribution in [-0.2, 0) is 11.4 Å². The highest BCUT2D eigenvalue weighted by Crippen LogP contribution is 2.28. The fraction of sp³-hybridized carbons (Fsp3) is 0.105. The first kappa shape index (κ1) is 17.4. The fourth-order valence-electron chi connectivity index (χ4n) is 2.55. The Hall–Kier alpha value is -3.45. The van der Waals surface area contributed by atoms with Crippen molar-refractivity contribution in [2.24, 2.45) is 0 Å². The van der Waals surface area contributed by atoms with Crippen molar-refractivity contribution in [3.8, 4) is 11.5 Å². The lowest BCUT2D eigenvalue weighted by Crippen LogP contribution is -2.30. The molecule has 7 heteroatoms. The molecule has 0 saturated heterocycles. The summed E-state index contributed by atoms with van der Waals surface area (Å²) in [6.07, 6.45) is 1.49. The highest BCUT2D eigenvalue weighted by atomic mass is 16.5. The number of aliphatic hydroxyl groups is 1. The number of aromatic nitrogens is 1. The molecule has 7 nitrogen and oxygen atoms in total. The summed E-state index contributed by atoms with van der Waals surface area (Å²) in [4.78, 5) is 26.8. The molecule has 26 heavy (non-hydrogen) atoms. The van der Waals surface area contributed by atoms with Crippen LogP contribution in [0.3, 0.4) is 0 Å². The Morgan fingerprint density at radius 2 is 1.85 bits per heavy atom. The van der Waals surface area contributed by atoms with Gasteiger partial charge in [0.15, 0.2) is 0 Å². The van der Waals surface area contributed by atoms with Crippen molar-refractivity contribution in [1.29, 1.82) is 0 Å². The van der Waals surface area contributed by atoms with Crippen molar-refractivity contribution in [3.05, 3.63) is 66.0 Å². The van der Waals surface area contributed by atoms with Gasteiger partial charge in [0, 0.05) is 17.1 Å². The maximum atomic E-state index is 12.1. The van der Waals surface area contributed by atoms with Crippen LogP contribution in [0.4, 0.5) is 0 Å². The standard InChI is InChI=1S/C19H16N2O5/c22-11-16-15-7-6-14(26-13-4-2-1-3-5-13)8-12(15)9-20-18(16)19(25)21-10-17(23)24/h1-9,22H,10-11H2,(H,21,25)(H,23,24). The van der Waals surface area contributed by atoms with E-state index in [1.165, 1.54) is 6.20 Å². The van der Waals surface area contributed by atoms with Crippen LogP contribution < -0.4 is 10.1 Å². The molecule has 3 rings (SSSR count). The summed E-state index contributed by atoms with van der Waals surface area (Å²) in [6, 6.07) is 14.5. The highest BCUT2D eigenvalue weighted by molar-refractivity contribution is 6.00. The second-order valence-corrected chi connectivity index (χ2v) is 5.48. The molecule has 2 aromatic carbocycles. The van der Waals surface area contributed by atoms with E-state index in [1.54, 1.807) is 18.2 Å². The van der Waals surface area contributed by atoms with Gasteiger partial charge < -0.3 is 20.3 Å². The Labute approximate surface area is 148 Å². The van der Waals surface area contributed by atoms with E-state index in [-0.39, 0.29) is 5.69 Å². The van der Waals surface area contributed by atoms with Gasteiger partial charge in [-0.05, 0) is 29.7 Å². The second kappa shape index (κ2) is 7.62. The lowest BCUT2D eigenvalue weighted by Gasteiger charge is -2.11. The molecule has 0 aliphatic heterocycles. The molecule has 0 fully saturated rings. The summed E-state index contributed by atoms with van der Waals surface area (Å²) < 4.78 is 5.77. The van der Waals surface area contributed by atoms with E-state index in [4.69, 9.17) is 9.84 Å². The number of carboxylic acid groups (broad SMARTS) is 1. The molecule has 0 unspecified atom stereocenters. The molecule has 0 bridgehead atoms. The molecule has 1 heterocycles. The van der Waals surface area contributed by atoms with E-state index in [9.17, 15) is 14.7 Å². The smallest absolute Gasteiger partial charge is 0.322 e. The number of aliphatic carboxylic acids is 1. The lowest BCUT2D eigenvalue weighted by molar-refractivity contribution is -0.135. The second-order valence-electron chi connectivity index (χ2n) is 5.48. The number of amides is 1. The van der Waals surface area contributed by atoms with Crippen molar-refractivity contribution in [2.75, 3.05) is 6.54 Å². The van der Waals surface area contributed by atoms with Crippen molar-refractivity contribution >= 4 is 22.6 Å². The highest BCUT2D eigenvalue weighted by Gasteiger charge is 2.16. The zero-order valence-electron chi connectivity index (χ0n) is 13.7. The molecule has 0 aliphatic carbocycles. The van der Waals surface area contributed by atoms with Gasteiger partial charge in [0.1, 0.15) is 23.7 Å². The third-order valence-electron chi connectivity index (χ3n) is 3.72. The Morgan fingerprint density at radius 3 is 2.54 bits per heavy atom. The number of benzene rings is 2. The average molecular weight is 352 g/mol. The monoisotopic (exact) mass is 352 g/mol. The van der Waals surface area contributed by atoms with Crippen LogP contribution in [0.25, 0.3) is 10.8 Å². The van der Waals surface area contributed by atoms with E-state index in [0.29, 0.717) is 27.8 Å². The number of carbonyl (C=O) groups excluding carboxylic acids is 1. The summed E-state index contributed by atoms with van der Waals surface area (Å²) in [5.74, 6) is -0.528. The summed E-state index contributed by atoms with van der Waals surface area (Å²) >= 11 is 0. The summed E-state index contributed by atoms with van der Waals surface area (Å²) in [6.45, 7) is -0.924. The first-order chi connectivity index (χ1) is 12.6. The minimum Gasteiger partial charge on any atom is -0.480 e. The maximum Gasteiger partial charge on any atom is 0.322 e. The number of hydrogen-bond acceptors (Lipinski definition) is 5. The predicted octanol–water partition coefficient (Wildman–Crippen LogP) is 2.33. The zero-order chi connectivity index (χ0) is 18.5. The van der Waals surface area contributed by atoms with E-state index >= 15 is 0 Å².